The molecule has 3 rings (SSSR count). The summed E-state index contributed by atoms with van der Waals surface area (Å²) in [5.41, 5.74) is 0.427. The quantitative estimate of drug-likeness (QED) is 0.853. The number of piperidine rings is 1. The zero-order valence-electron chi connectivity index (χ0n) is 12.8. The molecule has 0 unspecified atom stereocenters. The third kappa shape index (κ3) is 2.80. The lowest BCUT2D eigenvalue weighted by Crippen LogP contribution is -2.39. The molecular formula is C14H20N4O3S. The van der Waals surface area contributed by atoms with Crippen LogP contribution in [-0.4, -0.2) is 40.7 Å². The molecule has 0 aliphatic carbocycles. The van der Waals surface area contributed by atoms with Crippen LogP contribution in [0, 0.1) is 19.8 Å². The smallest absolute Gasteiger partial charge is 0.248 e. The van der Waals surface area contributed by atoms with Crippen LogP contribution in [0.2, 0.25) is 0 Å². The first kappa shape index (κ1) is 15.2. The largest absolute Gasteiger partial charge is 0.360 e. The van der Waals surface area contributed by atoms with Crippen molar-refractivity contribution in [3.05, 3.63) is 29.9 Å². The van der Waals surface area contributed by atoms with Gasteiger partial charge in [0, 0.05) is 32.0 Å². The maximum atomic E-state index is 12.7. The predicted octanol–water partition coefficient (Wildman–Crippen LogP) is 1.59. The van der Waals surface area contributed by atoms with E-state index in [1.165, 1.54) is 0 Å². The van der Waals surface area contributed by atoms with E-state index >= 15 is 0 Å². The van der Waals surface area contributed by atoms with Gasteiger partial charge in [-0.2, -0.15) is 9.40 Å². The van der Waals surface area contributed by atoms with Crippen molar-refractivity contribution in [1.82, 2.24) is 19.2 Å². The molecule has 0 bridgehead atoms. The zero-order valence-corrected chi connectivity index (χ0v) is 13.6. The molecule has 1 saturated heterocycles. The van der Waals surface area contributed by atoms with E-state index < -0.39 is 10.0 Å². The number of nitrogens with zero attached hydrogens (tertiary/aromatic N) is 4. The molecular weight excluding hydrogens is 304 g/mol. The molecule has 0 saturated carbocycles. The molecule has 0 amide bonds. The highest BCUT2D eigenvalue weighted by molar-refractivity contribution is 7.89. The Labute approximate surface area is 129 Å². The Morgan fingerprint density at radius 2 is 2.05 bits per heavy atom. The first-order chi connectivity index (χ1) is 10.5. The third-order valence-electron chi connectivity index (χ3n) is 4.14. The second kappa shape index (κ2) is 5.85. The second-order valence-electron chi connectivity index (χ2n) is 5.73. The first-order valence-corrected chi connectivity index (χ1v) is 8.83. The number of aryl methyl sites for hydroxylation is 2. The summed E-state index contributed by atoms with van der Waals surface area (Å²) in [5, 5.41) is 7.96. The van der Waals surface area contributed by atoms with Crippen LogP contribution in [-0.2, 0) is 16.6 Å². The van der Waals surface area contributed by atoms with Gasteiger partial charge in [-0.05, 0) is 38.7 Å². The topological polar surface area (TPSA) is 81.2 Å². The molecule has 3 heterocycles. The van der Waals surface area contributed by atoms with Crippen LogP contribution in [0.4, 0.5) is 0 Å². The van der Waals surface area contributed by atoms with Crippen LogP contribution in [0.15, 0.2) is 27.9 Å². The molecule has 2 aromatic rings. The van der Waals surface area contributed by atoms with E-state index in [2.05, 4.69) is 10.3 Å². The number of rotatable bonds is 4. The summed E-state index contributed by atoms with van der Waals surface area (Å²) >= 11 is 0. The van der Waals surface area contributed by atoms with E-state index in [1.54, 1.807) is 24.3 Å². The van der Waals surface area contributed by atoms with Gasteiger partial charge in [0.05, 0.1) is 0 Å². The van der Waals surface area contributed by atoms with Gasteiger partial charge in [0.15, 0.2) is 5.76 Å². The van der Waals surface area contributed by atoms with Gasteiger partial charge < -0.3 is 4.52 Å². The fourth-order valence-electron chi connectivity index (χ4n) is 2.98. The van der Waals surface area contributed by atoms with Gasteiger partial charge in [0.1, 0.15) is 10.6 Å². The highest BCUT2D eigenvalue weighted by atomic mass is 32.2. The van der Waals surface area contributed by atoms with Crippen LogP contribution < -0.4 is 0 Å². The van der Waals surface area contributed by atoms with Crippen LogP contribution in [0.3, 0.4) is 0 Å². The minimum absolute atomic E-state index is 0.220. The van der Waals surface area contributed by atoms with Gasteiger partial charge in [0.2, 0.25) is 10.0 Å². The number of hydrogen-bond donors (Lipinski definition) is 0. The van der Waals surface area contributed by atoms with Crippen LogP contribution in [0.1, 0.15) is 24.3 Å². The van der Waals surface area contributed by atoms with Crippen molar-refractivity contribution in [3.63, 3.8) is 0 Å². The number of aromatic nitrogens is 3. The summed E-state index contributed by atoms with van der Waals surface area (Å²) in [6.07, 6.45) is 5.37. The highest BCUT2D eigenvalue weighted by Crippen LogP contribution is 2.28. The van der Waals surface area contributed by atoms with E-state index in [-0.39, 0.29) is 4.90 Å². The minimum Gasteiger partial charge on any atom is -0.360 e. The fourth-order valence-corrected chi connectivity index (χ4v) is 4.74. The van der Waals surface area contributed by atoms with Crippen molar-refractivity contribution >= 4 is 10.0 Å². The van der Waals surface area contributed by atoms with Crippen molar-refractivity contribution < 1.29 is 12.9 Å². The molecule has 22 heavy (non-hydrogen) atoms. The van der Waals surface area contributed by atoms with Crippen LogP contribution in [0.25, 0.3) is 0 Å². The van der Waals surface area contributed by atoms with Gasteiger partial charge in [0.25, 0.3) is 0 Å². The van der Waals surface area contributed by atoms with Gasteiger partial charge in [-0.25, -0.2) is 8.42 Å². The summed E-state index contributed by atoms with van der Waals surface area (Å²) in [5.74, 6) is 0.812. The average Bonchev–Trinajstić information content (AvgIpc) is 3.10. The van der Waals surface area contributed by atoms with Crippen LogP contribution in [0.5, 0.6) is 0 Å². The Morgan fingerprint density at radius 3 is 2.59 bits per heavy atom. The summed E-state index contributed by atoms with van der Waals surface area (Å²) in [6.45, 7) is 5.19. The van der Waals surface area contributed by atoms with E-state index in [1.807, 2.05) is 16.9 Å². The van der Waals surface area contributed by atoms with Gasteiger partial charge >= 0.3 is 0 Å². The Hall–Kier alpha value is -1.67. The fraction of sp³-hybridized carbons (Fsp3) is 0.571. The molecule has 8 heteroatoms. The standard InChI is InChI=1S/C14H20N4O3S/c1-11-14(12(2)21-16-11)22(19,20)18-8-4-13(5-9-18)10-17-7-3-6-15-17/h3,6-7,13H,4-5,8-10H2,1-2H3. The lowest BCUT2D eigenvalue weighted by Gasteiger charge is -2.31. The van der Waals surface area contributed by atoms with E-state index in [0.717, 1.165) is 19.4 Å². The van der Waals surface area contributed by atoms with Crippen LogP contribution >= 0.6 is 0 Å². The molecule has 1 aliphatic rings. The summed E-state index contributed by atoms with van der Waals surface area (Å²) in [4.78, 5) is 0.220. The molecule has 0 radical (unpaired) electrons. The van der Waals surface area contributed by atoms with Gasteiger partial charge in [-0.15, -0.1) is 0 Å². The predicted molar refractivity (Wildman–Crippen MR) is 79.7 cm³/mol. The number of sulfonamides is 1. The molecule has 0 aromatic carbocycles. The maximum absolute atomic E-state index is 12.7. The maximum Gasteiger partial charge on any atom is 0.248 e. The molecule has 0 atom stereocenters. The molecule has 0 N–H and O–H groups in total. The Kier molecular flexibility index (Phi) is 4.05. The summed E-state index contributed by atoms with van der Waals surface area (Å²) in [6, 6.07) is 1.90. The lowest BCUT2D eigenvalue weighted by atomic mass is 9.98. The number of hydrogen-bond acceptors (Lipinski definition) is 5. The second-order valence-corrected chi connectivity index (χ2v) is 7.60. The Bertz CT molecular complexity index is 709. The van der Waals surface area contributed by atoms with Crippen molar-refractivity contribution in [1.29, 1.82) is 0 Å². The van der Waals surface area contributed by atoms with E-state index in [4.69, 9.17) is 4.52 Å². The van der Waals surface area contributed by atoms with Gasteiger partial charge in [-0.1, -0.05) is 5.16 Å². The SMILES string of the molecule is Cc1noc(C)c1S(=O)(=O)N1CCC(Cn2cccn2)CC1. The van der Waals surface area contributed by atoms with Crippen molar-refractivity contribution in [2.24, 2.45) is 5.92 Å². The first-order valence-electron chi connectivity index (χ1n) is 7.39. The van der Waals surface area contributed by atoms with Crippen molar-refractivity contribution in [3.8, 4) is 0 Å². The normalized spacial score (nSPS) is 17.9. The summed E-state index contributed by atoms with van der Waals surface area (Å²) < 4.78 is 33.9. The van der Waals surface area contributed by atoms with E-state index in [9.17, 15) is 8.42 Å². The molecule has 1 aliphatic heterocycles. The molecule has 2 aromatic heterocycles. The third-order valence-corrected chi connectivity index (χ3v) is 6.29. The lowest BCUT2D eigenvalue weighted by molar-refractivity contribution is 0.247. The Balaban J connectivity index is 1.68. The van der Waals surface area contributed by atoms with Crippen molar-refractivity contribution in [2.75, 3.05) is 13.1 Å². The molecule has 1 fully saturated rings. The molecule has 120 valence electrons. The highest BCUT2D eigenvalue weighted by Gasteiger charge is 2.33. The summed E-state index contributed by atoms with van der Waals surface area (Å²) in [7, 11) is -3.51. The molecule has 7 nitrogen and oxygen atoms in total. The zero-order chi connectivity index (χ0) is 15.7. The Morgan fingerprint density at radius 1 is 1.32 bits per heavy atom. The molecule has 0 spiro atoms. The minimum atomic E-state index is -3.51. The van der Waals surface area contributed by atoms with Gasteiger partial charge in [-0.3, -0.25) is 4.68 Å². The van der Waals surface area contributed by atoms with Crippen molar-refractivity contribution in [2.45, 2.75) is 38.1 Å². The monoisotopic (exact) mass is 324 g/mol. The average molecular weight is 324 g/mol. The van der Waals surface area contributed by atoms with E-state index in [0.29, 0.717) is 30.5 Å².